The number of hydrogen-bond acceptors (Lipinski definition) is 6. The molecule has 0 saturated carbocycles. The first-order valence-electron chi connectivity index (χ1n) is 5.35. The van der Waals surface area contributed by atoms with Crippen LogP contribution in [0.2, 0.25) is 0 Å². The molecular formula is C11H11N5O3. The average Bonchev–Trinajstić information content (AvgIpc) is 2.85. The van der Waals surface area contributed by atoms with E-state index in [0.29, 0.717) is 29.1 Å². The fourth-order valence-corrected chi connectivity index (χ4v) is 1.62. The lowest BCUT2D eigenvalue weighted by molar-refractivity contribution is -0.117. The summed E-state index contributed by atoms with van der Waals surface area (Å²) in [5.74, 6) is 0.206. The second-order valence-electron chi connectivity index (χ2n) is 3.69. The zero-order chi connectivity index (χ0) is 13.8. The number of hydrogen-bond donors (Lipinski definition) is 1. The number of carbonyl (C=O) groups is 2. The molecule has 0 spiro atoms. The van der Waals surface area contributed by atoms with E-state index in [1.807, 2.05) is 0 Å². The predicted octanol–water partition coefficient (Wildman–Crippen LogP) is -0.489. The first kappa shape index (κ1) is 12.7. The molecule has 0 aliphatic heterocycles. The first-order valence-corrected chi connectivity index (χ1v) is 5.35. The summed E-state index contributed by atoms with van der Waals surface area (Å²) in [6, 6.07) is 4.86. The zero-order valence-electron chi connectivity index (χ0n) is 10.1. The summed E-state index contributed by atoms with van der Waals surface area (Å²) in [5.41, 5.74) is 6.02. The number of aromatic nitrogens is 4. The van der Waals surface area contributed by atoms with E-state index < -0.39 is 5.91 Å². The lowest BCUT2D eigenvalue weighted by Gasteiger charge is -2.07. The van der Waals surface area contributed by atoms with Crippen molar-refractivity contribution in [3.63, 3.8) is 0 Å². The van der Waals surface area contributed by atoms with Crippen molar-refractivity contribution in [2.24, 2.45) is 5.73 Å². The van der Waals surface area contributed by atoms with E-state index in [2.05, 4.69) is 15.5 Å². The van der Waals surface area contributed by atoms with Crippen molar-refractivity contribution in [2.75, 3.05) is 7.11 Å². The molecule has 0 aliphatic carbocycles. The third-order valence-corrected chi connectivity index (χ3v) is 2.45. The van der Waals surface area contributed by atoms with Gasteiger partial charge in [-0.3, -0.25) is 9.59 Å². The molecule has 2 rings (SSSR count). The second-order valence-corrected chi connectivity index (χ2v) is 3.69. The van der Waals surface area contributed by atoms with Crippen molar-refractivity contribution in [2.45, 2.75) is 6.42 Å². The number of nitrogens with zero attached hydrogens (tertiary/aromatic N) is 4. The topological polar surface area (TPSA) is 113 Å². The van der Waals surface area contributed by atoms with Gasteiger partial charge in [-0.15, -0.1) is 5.10 Å². The van der Waals surface area contributed by atoms with Crippen molar-refractivity contribution < 1.29 is 14.3 Å². The van der Waals surface area contributed by atoms with E-state index in [9.17, 15) is 9.59 Å². The standard InChI is InChI=1S/C11H11N5O3/c1-19-9-3-2-8(4-7(9)6-17)16-11(5-10(12)18)13-14-15-16/h2-4,6H,5H2,1H3,(H2,12,18). The summed E-state index contributed by atoms with van der Waals surface area (Å²) < 4.78 is 6.38. The fraction of sp³-hybridized carbons (Fsp3) is 0.182. The average molecular weight is 261 g/mol. The minimum absolute atomic E-state index is 0.0878. The molecule has 8 heteroatoms. The van der Waals surface area contributed by atoms with Crippen LogP contribution in [0.15, 0.2) is 18.2 Å². The first-order chi connectivity index (χ1) is 9.15. The number of benzene rings is 1. The van der Waals surface area contributed by atoms with E-state index in [1.54, 1.807) is 18.2 Å². The van der Waals surface area contributed by atoms with Crippen LogP contribution in [0.25, 0.3) is 5.69 Å². The van der Waals surface area contributed by atoms with Gasteiger partial charge in [0.2, 0.25) is 5.91 Å². The molecule has 2 N–H and O–H groups in total. The Bertz CT molecular complexity index is 623. The van der Waals surface area contributed by atoms with Gasteiger partial charge in [-0.2, -0.15) is 4.68 Å². The van der Waals surface area contributed by atoms with Crippen molar-refractivity contribution in [1.29, 1.82) is 0 Å². The van der Waals surface area contributed by atoms with Crippen molar-refractivity contribution in [1.82, 2.24) is 20.2 Å². The molecular weight excluding hydrogens is 250 g/mol. The smallest absolute Gasteiger partial charge is 0.225 e. The molecule has 19 heavy (non-hydrogen) atoms. The maximum atomic E-state index is 11.0. The molecule has 98 valence electrons. The number of amides is 1. The predicted molar refractivity (Wildman–Crippen MR) is 64.0 cm³/mol. The quantitative estimate of drug-likeness (QED) is 0.727. The van der Waals surface area contributed by atoms with Crippen LogP contribution in [0.4, 0.5) is 0 Å². The second kappa shape index (κ2) is 5.25. The highest BCUT2D eigenvalue weighted by Gasteiger charge is 2.12. The van der Waals surface area contributed by atoms with Gasteiger partial charge in [-0.1, -0.05) is 0 Å². The molecule has 0 unspecified atom stereocenters. The van der Waals surface area contributed by atoms with Gasteiger partial charge in [0, 0.05) is 0 Å². The van der Waals surface area contributed by atoms with E-state index >= 15 is 0 Å². The maximum absolute atomic E-state index is 11.0. The summed E-state index contributed by atoms with van der Waals surface area (Å²) in [6.07, 6.45) is 0.579. The molecule has 0 aliphatic rings. The largest absolute Gasteiger partial charge is 0.496 e. The van der Waals surface area contributed by atoms with Crippen LogP contribution < -0.4 is 10.5 Å². The molecule has 1 aromatic heterocycles. The van der Waals surface area contributed by atoms with Gasteiger partial charge >= 0.3 is 0 Å². The highest BCUT2D eigenvalue weighted by Crippen LogP contribution is 2.20. The minimum Gasteiger partial charge on any atom is -0.496 e. The van der Waals surface area contributed by atoms with Gasteiger partial charge in [-0.05, 0) is 28.6 Å². The number of carbonyl (C=O) groups excluding carboxylic acids is 2. The molecule has 0 saturated heterocycles. The maximum Gasteiger partial charge on any atom is 0.225 e. The molecule has 0 bridgehead atoms. The molecule has 0 atom stereocenters. The van der Waals surface area contributed by atoms with E-state index in [-0.39, 0.29) is 6.42 Å². The third-order valence-electron chi connectivity index (χ3n) is 2.45. The number of primary amides is 1. The third kappa shape index (κ3) is 2.57. The highest BCUT2D eigenvalue weighted by molar-refractivity contribution is 5.80. The Balaban J connectivity index is 2.44. The van der Waals surface area contributed by atoms with E-state index in [1.165, 1.54) is 11.8 Å². The molecule has 8 nitrogen and oxygen atoms in total. The van der Waals surface area contributed by atoms with Gasteiger partial charge in [0.15, 0.2) is 12.1 Å². The number of nitrogens with two attached hydrogens (primary N) is 1. The van der Waals surface area contributed by atoms with Crippen molar-refractivity contribution in [3.05, 3.63) is 29.6 Å². The van der Waals surface area contributed by atoms with Gasteiger partial charge < -0.3 is 10.5 Å². The summed E-state index contributed by atoms with van der Waals surface area (Å²) in [5, 5.41) is 11.0. The molecule has 2 aromatic rings. The van der Waals surface area contributed by atoms with E-state index in [4.69, 9.17) is 10.5 Å². The van der Waals surface area contributed by atoms with Crippen LogP contribution in [0.1, 0.15) is 16.2 Å². The lowest BCUT2D eigenvalue weighted by atomic mass is 10.2. The SMILES string of the molecule is COc1ccc(-n2nnnc2CC(N)=O)cc1C=O. The van der Waals surface area contributed by atoms with Crippen molar-refractivity contribution in [3.8, 4) is 11.4 Å². The van der Waals surface area contributed by atoms with Gasteiger partial charge in [0.25, 0.3) is 0 Å². The van der Waals surface area contributed by atoms with Crippen LogP contribution in [-0.4, -0.2) is 39.5 Å². The number of aldehydes is 1. The molecule has 0 fully saturated rings. The van der Waals surface area contributed by atoms with Gasteiger partial charge in [-0.25, -0.2) is 0 Å². The van der Waals surface area contributed by atoms with Gasteiger partial charge in [0.1, 0.15) is 5.75 Å². The number of tetrazole rings is 1. The minimum atomic E-state index is -0.542. The van der Waals surface area contributed by atoms with Crippen LogP contribution in [0, 0.1) is 0 Å². The number of ether oxygens (including phenoxy) is 1. The molecule has 1 heterocycles. The summed E-state index contributed by atoms with van der Waals surface area (Å²) in [7, 11) is 1.47. The van der Waals surface area contributed by atoms with Crippen LogP contribution in [0.3, 0.4) is 0 Å². The Morgan fingerprint density at radius 3 is 2.95 bits per heavy atom. The molecule has 1 amide bonds. The zero-order valence-corrected chi connectivity index (χ0v) is 10.1. The summed E-state index contributed by atoms with van der Waals surface area (Å²) >= 11 is 0. The lowest BCUT2D eigenvalue weighted by Crippen LogP contribution is -2.17. The Labute approximate surface area is 108 Å². The highest BCUT2D eigenvalue weighted by atomic mass is 16.5. The van der Waals surface area contributed by atoms with Crippen LogP contribution >= 0.6 is 0 Å². The number of rotatable bonds is 5. The number of methoxy groups -OCH3 is 1. The summed E-state index contributed by atoms with van der Waals surface area (Å²) in [4.78, 5) is 21.9. The van der Waals surface area contributed by atoms with E-state index in [0.717, 1.165) is 0 Å². The Morgan fingerprint density at radius 2 is 2.32 bits per heavy atom. The molecule has 1 aromatic carbocycles. The van der Waals surface area contributed by atoms with Crippen molar-refractivity contribution >= 4 is 12.2 Å². The van der Waals surface area contributed by atoms with Crippen LogP contribution in [-0.2, 0) is 11.2 Å². The van der Waals surface area contributed by atoms with Gasteiger partial charge in [0.05, 0.1) is 24.8 Å². The monoisotopic (exact) mass is 261 g/mol. The molecule has 0 radical (unpaired) electrons. The normalized spacial score (nSPS) is 10.2. The van der Waals surface area contributed by atoms with Crippen LogP contribution in [0.5, 0.6) is 5.75 Å². The Kier molecular flexibility index (Phi) is 3.51. The fourth-order valence-electron chi connectivity index (χ4n) is 1.62. The Morgan fingerprint density at radius 1 is 1.53 bits per heavy atom. The summed E-state index contributed by atoms with van der Waals surface area (Å²) in [6.45, 7) is 0. The Hall–Kier alpha value is -2.77.